The minimum atomic E-state index is -0.647. The number of aromatic amines is 1. The van der Waals surface area contributed by atoms with E-state index in [1.807, 2.05) is 6.20 Å². The number of aromatic nitrogens is 1. The summed E-state index contributed by atoms with van der Waals surface area (Å²) in [5.74, 6) is -0.434. The summed E-state index contributed by atoms with van der Waals surface area (Å²) < 4.78 is 0. The third kappa shape index (κ3) is 2.63. The molecule has 3 rings (SSSR count). The fourth-order valence-corrected chi connectivity index (χ4v) is 2.72. The third-order valence-electron chi connectivity index (χ3n) is 3.86. The molecule has 0 aliphatic heterocycles. The van der Waals surface area contributed by atoms with Crippen LogP contribution in [-0.4, -0.2) is 34.6 Å². The summed E-state index contributed by atoms with van der Waals surface area (Å²) >= 11 is 0. The molecule has 1 aromatic heterocycles. The maximum absolute atomic E-state index is 10.8. The van der Waals surface area contributed by atoms with E-state index in [1.54, 1.807) is 0 Å². The summed E-state index contributed by atoms with van der Waals surface area (Å²) in [6.45, 7) is 1.72. The highest BCUT2D eigenvalue weighted by Gasteiger charge is 2.43. The van der Waals surface area contributed by atoms with Gasteiger partial charge in [-0.2, -0.15) is 0 Å². The Morgan fingerprint density at radius 1 is 1.47 bits per heavy atom. The van der Waals surface area contributed by atoms with Crippen molar-refractivity contribution in [3.05, 3.63) is 36.0 Å². The van der Waals surface area contributed by atoms with E-state index in [0.717, 1.165) is 25.0 Å². The first-order chi connectivity index (χ1) is 9.13. The van der Waals surface area contributed by atoms with Crippen molar-refractivity contribution in [1.29, 1.82) is 0 Å². The van der Waals surface area contributed by atoms with Crippen molar-refractivity contribution in [2.24, 2.45) is 11.8 Å². The Hall–Kier alpha value is -1.81. The number of carbonyl (C=O) groups is 1. The van der Waals surface area contributed by atoms with Gasteiger partial charge in [0.15, 0.2) is 0 Å². The molecule has 1 aliphatic rings. The van der Waals surface area contributed by atoms with E-state index >= 15 is 0 Å². The highest BCUT2D eigenvalue weighted by molar-refractivity contribution is 5.79. The van der Waals surface area contributed by atoms with Gasteiger partial charge in [-0.05, 0) is 42.5 Å². The van der Waals surface area contributed by atoms with Gasteiger partial charge in [-0.3, -0.25) is 4.79 Å². The van der Waals surface area contributed by atoms with Crippen LogP contribution in [0.4, 0.5) is 0 Å². The van der Waals surface area contributed by atoms with Gasteiger partial charge in [0.1, 0.15) is 0 Å². The molecule has 4 nitrogen and oxygen atoms in total. The van der Waals surface area contributed by atoms with Gasteiger partial charge >= 0.3 is 5.97 Å². The summed E-state index contributed by atoms with van der Waals surface area (Å²) in [6, 6.07) is 8.47. The quantitative estimate of drug-likeness (QED) is 0.865. The Balaban J connectivity index is 1.60. The van der Waals surface area contributed by atoms with Crippen LogP contribution in [0.3, 0.4) is 0 Å². The molecule has 0 saturated heterocycles. The van der Waals surface area contributed by atoms with E-state index in [-0.39, 0.29) is 5.92 Å². The van der Waals surface area contributed by atoms with Crippen LogP contribution >= 0.6 is 0 Å². The molecule has 0 amide bonds. The summed E-state index contributed by atoms with van der Waals surface area (Å²) in [5.41, 5.74) is 2.41. The zero-order valence-electron chi connectivity index (χ0n) is 11.0. The Kier molecular flexibility index (Phi) is 3.03. The molecule has 0 bridgehead atoms. The molecule has 2 aromatic rings. The van der Waals surface area contributed by atoms with E-state index in [1.165, 1.54) is 10.9 Å². The van der Waals surface area contributed by atoms with Crippen molar-refractivity contribution in [3.63, 3.8) is 0 Å². The fourth-order valence-electron chi connectivity index (χ4n) is 2.72. The Morgan fingerprint density at radius 3 is 3.05 bits per heavy atom. The molecule has 4 heteroatoms. The zero-order chi connectivity index (χ0) is 13.4. The second-order valence-corrected chi connectivity index (χ2v) is 5.54. The predicted molar refractivity (Wildman–Crippen MR) is 73.9 cm³/mol. The lowest BCUT2D eigenvalue weighted by Gasteiger charge is -2.16. The van der Waals surface area contributed by atoms with Crippen LogP contribution in [0.15, 0.2) is 30.5 Å². The number of hydrogen-bond donors (Lipinski definition) is 2. The average molecular weight is 258 g/mol. The molecule has 1 saturated carbocycles. The molecule has 0 radical (unpaired) electrons. The first kappa shape index (κ1) is 12.2. The van der Waals surface area contributed by atoms with Crippen LogP contribution in [0.25, 0.3) is 10.9 Å². The van der Waals surface area contributed by atoms with Crippen molar-refractivity contribution in [2.75, 3.05) is 13.6 Å². The Morgan fingerprint density at radius 2 is 2.32 bits per heavy atom. The molecular weight excluding hydrogens is 240 g/mol. The predicted octanol–water partition coefficient (Wildman–Crippen LogP) is 2.32. The monoisotopic (exact) mass is 258 g/mol. The number of nitrogens with zero attached hydrogens (tertiary/aromatic N) is 1. The van der Waals surface area contributed by atoms with Crippen LogP contribution in [-0.2, 0) is 11.3 Å². The standard InChI is InChI=1S/C15H18N2O2/c1-17(9-12-7-13(12)15(18)19)8-10-2-3-11-4-5-16-14(11)6-10/h2-6,12-13,16H,7-9H2,1H3,(H,18,19)/t12-,13+/m1/s1. The Labute approximate surface area is 112 Å². The number of carboxylic acid groups (broad SMARTS) is 1. The van der Waals surface area contributed by atoms with E-state index in [2.05, 4.69) is 41.2 Å². The third-order valence-corrected chi connectivity index (χ3v) is 3.86. The number of benzene rings is 1. The van der Waals surface area contributed by atoms with Crippen LogP contribution in [0.1, 0.15) is 12.0 Å². The van der Waals surface area contributed by atoms with Crippen molar-refractivity contribution in [2.45, 2.75) is 13.0 Å². The number of rotatable bonds is 5. The summed E-state index contributed by atoms with van der Waals surface area (Å²) in [4.78, 5) is 16.2. The lowest BCUT2D eigenvalue weighted by Crippen LogP contribution is -2.21. The van der Waals surface area contributed by atoms with E-state index in [4.69, 9.17) is 5.11 Å². The zero-order valence-corrected chi connectivity index (χ0v) is 11.0. The van der Waals surface area contributed by atoms with Gasteiger partial charge in [-0.15, -0.1) is 0 Å². The lowest BCUT2D eigenvalue weighted by atomic mass is 10.1. The number of fused-ring (bicyclic) bond motifs is 1. The normalized spacial score (nSPS) is 22.0. The highest BCUT2D eigenvalue weighted by Crippen LogP contribution is 2.39. The van der Waals surface area contributed by atoms with Crippen molar-refractivity contribution in [1.82, 2.24) is 9.88 Å². The number of aliphatic carboxylic acids is 1. The number of carboxylic acids is 1. The molecule has 0 spiro atoms. The fraction of sp³-hybridized carbons (Fsp3) is 0.400. The van der Waals surface area contributed by atoms with Crippen LogP contribution < -0.4 is 0 Å². The van der Waals surface area contributed by atoms with Crippen LogP contribution in [0, 0.1) is 11.8 Å². The maximum Gasteiger partial charge on any atom is 0.306 e. The lowest BCUT2D eigenvalue weighted by molar-refractivity contribution is -0.138. The molecule has 1 heterocycles. The van der Waals surface area contributed by atoms with Gasteiger partial charge in [-0.1, -0.05) is 12.1 Å². The largest absolute Gasteiger partial charge is 0.481 e. The first-order valence-corrected chi connectivity index (χ1v) is 6.61. The first-order valence-electron chi connectivity index (χ1n) is 6.61. The van der Waals surface area contributed by atoms with Crippen molar-refractivity contribution < 1.29 is 9.90 Å². The van der Waals surface area contributed by atoms with E-state index < -0.39 is 5.97 Å². The molecule has 0 unspecified atom stereocenters. The van der Waals surface area contributed by atoms with E-state index in [0.29, 0.717) is 5.92 Å². The van der Waals surface area contributed by atoms with Crippen molar-refractivity contribution in [3.8, 4) is 0 Å². The molecular formula is C15H18N2O2. The summed E-state index contributed by atoms with van der Waals surface area (Å²) in [5, 5.41) is 10.1. The molecule has 2 N–H and O–H groups in total. The molecule has 1 aliphatic carbocycles. The molecule has 1 aromatic carbocycles. The van der Waals surface area contributed by atoms with E-state index in [9.17, 15) is 4.79 Å². The topological polar surface area (TPSA) is 56.3 Å². The molecule has 100 valence electrons. The minimum Gasteiger partial charge on any atom is -0.481 e. The van der Waals surface area contributed by atoms with Gasteiger partial charge in [-0.25, -0.2) is 0 Å². The molecule has 1 fully saturated rings. The van der Waals surface area contributed by atoms with Gasteiger partial charge < -0.3 is 15.0 Å². The van der Waals surface area contributed by atoms with Crippen LogP contribution in [0.2, 0.25) is 0 Å². The number of nitrogens with one attached hydrogen (secondary N) is 1. The molecule has 2 atom stereocenters. The van der Waals surface area contributed by atoms with Gasteiger partial charge in [0.05, 0.1) is 5.92 Å². The maximum atomic E-state index is 10.8. The number of hydrogen-bond acceptors (Lipinski definition) is 2. The number of H-pyrrole nitrogens is 1. The summed E-state index contributed by atoms with van der Waals surface area (Å²) in [6.07, 6.45) is 2.77. The second-order valence-electron chi connectivity index (χ2n) is 5.54. The van der Waals surface area contributed by atoms with Gasteiger partial charge in [0.2, 0.25) is 0 Å². The van der Waals surface area contributed by atoms with Crippen molar-refractivity contribution >= 4 is 16.9 Å². The molecule has 19 heavy (non-hydrogen) atoms. The second kappa shape index (κ2) is 4.70. The van der Waals surface area contributed by atoms with Crippen LogP contribution in [0.5, 0.6) is 0 Å². The average Bonchev–Trinajstić information content (AvgIpc) is 2.97. The highest BCUT2D eigenvalue weighted by atomic mass is 16.4. The minimum absolute atomic E-state index is 0.117. The Bertz CT molecular complexity index is 605. The smallest absolute Gasteiger partial charge is 0.306 e. The van der Waals surface area contributed by atoms with Gasteiger partial charge in [0.25, 0.3) is 0 Å². The van der Waals surface area contributed by atoms with Gasteiger partial charge in [0, 0.05) is 24.8 Å². The SMILES string of the molecule is CN(Cc1ccc2cc[nH]c2c1)C[C@H]1C[C@@H]1C(=O)O. The summed E-state index contributed by atoms with van der Waals surface area (Å²) in [7, 11) is 2.05.